The summed E-state index contributed by atoms with van der Waals surface area (Å²) in [4.78, 5) is 10.2. The number of aryl methyl sites for hydroxylation is 2. The van der Waals surface area contributed by atoms with Gasteiger partial charge in [0.05, 0.1) is 11.8 Å². The Morgan fingerprint density at radius 2 is 2.00 bits per heavy atom. The van der Waals surface area contributed by atoms with Gasteiger partial charge in [-0.05, 0) is 12.0 Å². The molecule has 4 heteroatoms. The van der Waals surface area contributed by atoms with Gasteiger partial charge in [0.15, 0.2) is 0 Å². The SMILES string of the molecule is CCc1ccccc1.Cn1cc(C(=O)O)cn1. The molecule has 1 N–H and O–H groups in total. The number of carboxylic acid groups (broad SMARTS) is 1. The second-order valence-electron chi connectivity index (χ2n) is 3.55. The summed E-state index contributed by atoms with van der Waals surface area (Å²) in [6.45, 7) is 2.16. The standard InChI is InChI=1S/C8H10.C5H6N2O2/c1-2-8-6-4-3-5-7-8;1-7-3-4(2-6-7)5(8)9/h3-7H,2H2,1H3;2-3H,1H3,(H,8,9). The zero-order chi connectivity index (χ0) is 12.7. The minimum absolute atomic E-state index is 0.220. The van der Waals surface area contributed by atoms with Crippen LogP contribution in [0.4, 0.5) is 0 Å². The van der Waals surface area contributed by atoms with Crippen molar-refractivity contribution in [3.8, 4) is 0 Å². The molecule has 17 heavy (non-hydrogen) atoms. The van der Waals surface area contributed by atoms with Gasteiger partial charge in [0, 0.05) is 13.2 Å². The molecule has 0 saturated heterocycles. The number of rotatable bonds is 2. The van der Waals surface area contributed by atoms with E-state index in [4.69, 9.17) is 5.11 Å². The van der Waals surface area contributed by atoms with Crippen LogP contribution in [0.15, 0.2) is 42.7 Å². The highest BCUT2D eigenvalue weighted by Crippen LogP contribution is 1.96. The van der Waals surface area contributed by atoms with Crippen molar-refractivity contribution in [2.45, 2.75) is 13.3 Å². The van der Waals surface area contributed by atoms with Gasteiger partial charge in [-0.1, -0.05) is 37.3 Å². The fourth-order valence-corrected chi connectivity index (χ4v) is 1.25. The largest absolute Gasteiger partial charge is 0.478 e. The van der Waals surface area contributed by atoms with E-state index in [1.54, 1.807) is 7.05 Å². The molecular formula is C13H16N2O2. The van der Waals surface area contributed by atoms with Gasteiger partial charge in [-0.3, -0.25) is 4.68 Å². The van der Waals surface area contributed by atoms with Crippen LogP contribution >= 0.6 is 0 Å². The highest BCUT2D eigenvalue weighted by molar-refractivity contribution is 5.86. The highest BCUT2D eigenvalue weighted by atomic mass is 16.4. The number of carboxylic acids is 1. The van der Waals surface area contributed by atoms with Crippen LogP contribution < -0.4 is 0 Å². The summed E-state index contributed by atoms with van der Waals surface area (Å²) in [6, 6.07) is 10.5. The maximum Gasteiger partial charge on any atom is 0.338 e. The molecule has 0 fully saturated rings. The first-order valence-corrected chi connectivity index (χ1v) is 5.39. The average molecular weight is 232 g/mol. The lowest BCUT2D eigenvalue weighted by Gasteiger charge is -1.89. The van der Waals surface area contributed by atoms with Crippen molar-refractivity contribution in [1.82, 2.24) is 9.78 Å². The maximum absolute atomic E-state index is 10.2. The minimum Gasteiger partial charge on any atom is -0.478 e. The maximum atomic E-state index is 10.2. The van der Waals surface area contributed by atoms with Crippen LogP contribution in [0, 0.1) is 0 Å². The van der Waals surface area contributed by atoms with E-state index in [0.29, 0.717) is 0 Å². The molecule has 0 aliphatic heterocycles. The molecule has 90 valence electrons. The number of hydrogen-bond acceptors (Lipinski definition) is 2. The van der Waals surface area contributed by atoms with E-state index < -0.39 is 5.97 Å². The summed E-state index contributed by atoms with van der Waals surface area (Å²) >= 11 is 0. The third-order valence-corrected chi connectivity index (χ3v) is 2.20. The molecule has 2 rings (SSSR count). The van der Waals surface area contributed by atoms with Gasteiger partial charge in [0.2, 0.25) is 0 Å². The van der Waals surface area contributed by atoms with Crippen LogP contribution in [-0.2, 0) is 13.5 Å². The molecule has 0 amide bonds. The average Bonchev–Trinajstić information content (AvgIpc) is 2.78. The van der Waals surface area contributed by atoms with E-state index in [2.05, 4.69) is 36.3 Å². The Morgan fingerprint density at radius 1 is 1.35 bits per heavy atom. The lowest BCUT2D eigenvalue weighted by atomic mass is 10.2. The number of aromatic nitrogens is 2. The number of benzene rings is 1. The molecule has 0 atom stereocenters. The molecule has 0 saturated carbocycles. The molecule has 0 aliphatic rings. The fourth-order valence-electron chi connectivity index (χ4n) is 1.25. The van der Waals surface area contributed by atoms with Crippen LogP contribution in [0.2, 0.25) is 0 Å². The Bertz CT molecular complexity index is 463. The van der Waals surface area contributed by atoms with Crippen LogP contribution in [0.25, 0.3) is 0 Å². The van der Waals surface area contributed by atoms with E-state index in [-0.39, 0.29) is 5.56 Å². The predicted octanol–water partition coefficient (Wildman–Crippen LogP) is 2.37. The van der Waals surface area contributed by atoms with Crippen LogP contribution in [0.1, 0.15) is 22.8 Å². The molecule has 2 aromatic rings. The lowest BCUT2D eigenvalue weighted by molar-refractivity contribution is 0.0697. The van der Waals surface area contributed by atoms with Crippen LogP contribution in [0.5, 0.6) is 0 Å². The minimum atomic E-state index is -0.942. The third kappa shape index (κ3) is 4.51. The second kappa shape index (κ2) is 6.48. The van der Waals surface area contributed by atoms with E-state index in [0.717, 1.165) is 6.42 Å². The summed E-state index contributed by atoms with van der Waals surface area (Å²) in [5.74, 6) is -0.942. The second-order valence-corrected chi connectivity index (χ2v) is 3.55. The molecule has 0 radical (unpaired) electrons. The Morgan fingerprint density at radius 3 is 2.29 bits per heavy atom. The number of aromatic carboxylic acids is 1. The van der Waals surface area contributed by atoms with Gasteiger partial charge >= 0.3 is 5.97 Å². The molecule has 1 aromatic carbocycles. The van der Waals surface area contributed by atoms with Gasteiger partial charge in [-0.15, -0.1) is 0 Å². The third-order valence-electron chi connectivity index (χ3n) is 2.20. The van der Waals surface area contributed by atoms with Crippen molar-refractivity contribution in [1.29, 1.82) is 0 Å². The normalized spacial score (nSPS) is 9.29. The molecule has 1 heterocycles. The Hall–Kier alpha value is -2.10. The van der Waals surface area contributed by atoms with Gasteiger partial charge in [-0.2, -0.15) is 5.10 Å². The molecule has 0 spiro atoms. The molecule has 0 unspecified atom stereocenters. The number of hydrogen-bond donors (Lipinski definition) is 1. The van der Waals surface area contributed by atoms with E-state index >= 15 is 0 Å². The summed E-state index contributed by atoms with van der Waals surface area (Å²) < 4.78 is 1.45. The molecule has 4 nitrogen and oxygen atoms in total. The smallest absolute Gasteiger partial charge is 0.338 e. The predicted molar refractivity (Wildman–Crippen MR) is 66.0 cm³/mol. The quantitative estimate of drug-likeness (QED) is 0.864. The summed E-state index contributed by atoms with van der Waals surface area (Å²) in [7, 11) is 1.67. The molecule has 0 bridgehead atoms. The van der Waals surface area contributed by atoms with Crippen molar-refractivity contribution < 1.29 is 9.90 Å². The Kier molecular flexibility index (Phi) is 4.94. The lowest BCUT2D eigenvalue weighted by Crippen LogP contribution is -1.92. The topological polar surface area (TPSA) is 55.1 Å². The van der Waals surface area contributed by atoms with Crippen molar-refractivity contribution in [3.05, 3.63) is 53.9 Å². The van der Waals surface area contributed by atoms with Gasteiger partial charge < -0.3 is 5.11 Å². The van der Waals surface area contributed by atoms with E-state index in [1.807, 2.05) is 6.07 Å². The van der Waals surface area contributed by atoms with Crippen LogP contribution in [0.3, 0.4) is 0 Å². The van der Waals surface area contributed by atoms with Crippen molar-refractivity contribution >= 4 is 5.97 Å². The first-order valence-electron chi connectivity index (χ1n) is 5.39. The zero-order valence-electron chi connectivity index (χ0n) is 10.00. The first kappa shape index (κ1) is 13.0. The van der Waals surface area contributed by atoms with E-state index in [1.165, 1.54) is 22.6 Å². The Labute approximate surface area is 101 Å². The molecular weight excluding hydrogens is 216 g/mol. The monoisotopic (exact) mass is 232 g/mol. The fraction of sp³-hybridized carbons (Fsp3) is 0.231. The molecule has 1 aromatic heterocycles. The zero-order valence-corrected chi connectivity index (χ0v) is 10.00. The summed E-state index contributed by atoms with van der Waals surface area (Å²) in [5, 5.41) is 12.0. The first-order chi connectivity index (χ1) is 8.13. The van der Waals surface area contributed by atoms with Crippen molar-refractivity contribution in [2.24, 2.45) is 7.05 Å². The van der Waals surface area contributed by atoms with Gasteiger partial charge in [-0.25, -0.2) is 4.79 Å². The number of carbonyl (C=O) groups is 1. The van der Waals surface area contributed by atoms with Crippen molar-refractivity contribution in [2.75, 3.05) is 0 Å². The molecule has 0 aliphatic carbocycles. The van der Waals surface area contributed by atoms with Gasteiger partial charge in [0.25, 0.3) is 0 Å². The Balaban J connectivity index is 0.000000171. The van der Waals surface area contributed by atoms with E-state index in [9.17, 15) is 4.79 Å². The summed E-state index contributed by atoms with van der Waals surface area (Å²) in [6.07, 6.45) is 3.89. The number of nitrogens with zero attached hydrogens (tertiary/aromatic N) is 2. The van der Waals surface area contributed by atoms with Crippen LogP contribution in [-0.4, -0.2) is 20.9 Å². The van der Waals surface area contributed by atoms with Gasteiger partial charge in [0.1, 0.15) is 0 Å². The summed E-state index contributed by atoms with van der Waals surface area (Å²) in [5.41, 5.74) is 1.63. The highest BCUT2D eigenvalue weighted by Gasteiger charge is 2.02. The van der Waals surface area contributed by atoms with Crippen molar-refractivity contribution in [3.63, 3.8) is 0 Å².